The van der Waals surface area contributed by atoms with Gasteiger partial charge in [-0.2, -0.15) is 16.9 Å². The van der Waals surface area contributed by atoms with Crippen molar-refractivity contribution in [2.24, 2.45) is 0 Å². The van der Waals surface area contributed by atoms with Crippen LogP contribution < -0.4 is 5.32 Å². The maximum absolute atomic E-state index is 4.49. The van der Waals surface area contributed by atoms with Gasteiger partial charge in [0.1, 0.15) is 0 Å². The van der Waals surface area contributed by atoms with Gasteiger partial charge < -0.3 is 5.32 Å². The summed E-state index contributed by atoms with van der Waals surface area (Å²) in [6.45, 7) is 9.99. The zero-order valence-corrected chi connectivity index (χ0v) is 12.8. The first kappa shape index (κ1) is 13.9. The van der Waals surface area contributed by atoms with E-state index in [0.29, 0.717) is 16.8 Å². The molecule has 0 aliphatic carbocycles. The van der Waals surface area contributed by atoms with Crippen LogP contribution >= 0.6 is 11.8 Å². The second-order valence-corrected chi connectivity index (χ2v) is 7.18. The maximum atomic E-state index is 4.49. The van der Waals surface area contributed by atoms with Crippen LogP contribution in [0.2, 0.25) is 0 Å². The summed E-state index contributed by atoms with van der Waals surface area (Å²) in [5.74, 6) is 1.29. The second kappa shape index (κ2) is 5.66. The van der Waals surface area contributed by atoms with Crippen LogP contribution in [0.4, 0.5) is 0 Å². The second-order valence-electron chi connectivity index (χ2n) is 5.55. The zero-order valence-electron chi connectivity index (χ0n) is 11.9. The van der Waals surface area contributed by atoms with E-state index < -0.39 is 0 Å². The van der Waals surface area contributed by atoms with Crippen LogP contribution in [0.25, 0.3) is 0 Å². The van der Waals surface area contributed by atoms with Crippen molar-refractivity contribution >= 4 is 11.8 Å². The minimum Gasteiger partial charge on any atom is -0.308 e. The van der Waals surface area contributed by atoms with E-state index in [1.54, 1.807) is 0 Å². The number of hydrogen-bond donors (Lipinski definition) is 1. The van der Waals surface area contributed by atoms with Crippen LogP contribution in [-0.4, -0.2) is 26.8 Å². The molecule has 1 aromatic heterocycles. The Morgan fingerprint density at radius 2 is 2.33 bits per heavy atom. The minimum atomic E-state index is 0.308. The van der Waals surface area contributed by atoms with Crippen molar-refractivity contribution in [2.45, 2.75) is 57.4 Å². The van der Waals surface area contributed by atoms with Crippen molar-refractivity contribution in [3.63, 3.8) is 0 Å². The molecule has 1 N–H and O–H groups in total. The zero-order chi connectivity index (χ0) is 13.2. The lowest BCUT2D eigenvalue weighted by Crippen LogP contribution is -2.39. The molecule has 0 spiro atoms. The van der Waals surface area contributed by atoms with Crippen LogP contribution in [0, 0.1) is 0 Å². The van der Waals surface area contributed by atoms with E-state index in [-0.39, 0.29) is 0 Å². The molecule has 1 aliphatic heterocycles. The lowest BCUT2D eigenvalue weighted by atomic mass is 9.93. The highest BCUT2D eigenvalue weighted by Crippen LogP contribution is 2.46. The predicted molar refractivity (Wildman–Crippen MR) is 79.1 cm³/mol. The molecule has 2 unspecified atom stereocenters. The highest BCUT2D eigenvalue weighted by atomic mass is 32.2. The average molecular weight is 267 g/mol. The van der Waals surface area contributed by atoms with E-state index in [2.05, 4.69) is 60.6 Å². The molecule has 0 bridgehead atoms. The highest BCUT2D eigenvalue weighted by molar-refractivity contribution is 8.00. The Morgan fingerprint density at radius 3 is 2.89 bits per heavy atom. The van der Waals surface area contributed by atoms with Gasteiger partial charge in [0.15, 0.2) is 0 Å². The minimum absolute atomic E-state index is 0.308. The van der Waals surface area contributed by atoms with Gasteiger partial charge in [0, 0.05) is 17.0 Å². The molecular formula is C14H25N3S. The number of nitrogens with one attached hydrogen (secondary N) is 1. The van der Waals surface area contributed by atoms with Gasteiger partial charge in [-0.1, -0.05) is 6.92 Å². The molecule has 1 fully saturated rings. The summed E-state index contributed by atoms with van der Waals surface area (Å²) < 4.78 is 2.47. The molecule has 1 aliphatic rings. The van der Waals surface area contributed by atoms with Crippen molar-refractivity contribution in [1.82, 2.24) is 15.1 Å². The molecule has 0 saturated carbocycles. The van der Waals surface area contributed by atoms with Crippen LogP contribution in [0.1, 0.15) is 58.3 Å². The molecule has 1 saturated heterocycles. The third-order valence-electron chi connectivity index (χ3n) is 3.75. The van der Waals surface area contributed by atoms with Gasteiger partial charge >= 0.3 is 0 Å². The Morgan fingerprint density at radius 1 is 1.56 bits per heavy atom. The topological polar surface area (TPSA) is 29.9 Å². The van der Waals surface area contributed by atoms with E-state index >= 15 is 0 Å². The number of nitrogens with zero attached hydrogens (tertiary/aromatic N) is 2. The normalized spacial score (nSPS) is 25.8. The van der Waals surface area contributed by atoms with Crippen molar-refractivity contribution in [2.75, 3.05) is 12.3 Å². The summed E-state index contributed by atoms with van der Waals surface area (Å²) in [6, 6.07) is 3.00. The fourth-order valence-corrected chi connectivity index (χ4v) is 4.26. The van der Waals surface area contributed by atoms with Gasteiger partial charge in [0.2, 0.25) is 0 Å². The van der Waals surface area contributed by atoms with Crippen molar-refractivity contribution in [3.8, 4) is 0 Å². The molecule has 4 heteroatoms. The van der Waals surface area contributed by atoms with Crippen molar-refractivity contribution in [1.29, 1.82) is 0 Å². The number of thioether (sulfide) groups is 1. The summed E-state index contributed by atoms with van der Waals surface area (Å²) >= 11 is 2.11. The van der Waals surface area contributed by atoms with Crippen LogP contribution in [0.15, 0.2) is 12.3 Å². The summed E-state index contributed by atoms with van der Waals surface area (Å²) in [5.41, 5.74) is 1.34. The first-order valence-corrected chi connectivity index (χ1v) is 7.98. The Kier molecular flexibility index (Phi) is 4.38. The molecule has 0 radical (unpaired) electrons. The number of aromatic nitrogens is 2. The fraction of sp³-hybridized carbons (Fsp3) is 0.786. The molecule has 3 nitrogen and oxygen atoms in total. The van der Waals surface area contributed by atoms with E-state index in [0.717, 1.165) is 6.54 Å². The molecule has 102 valence electrons. The SMILES string of the molecule is CCNC(c1ccnn1C(C)C)C1(C)CCCS1. The Hall–Kier alpha value is -0.480. The number of rotatable bonds is 5. The van der Waals surface area contributed by atoms with Crippen LogP contribution in [-0.2, 0) is 0 Å². The lowest BCUT2D eigenvalue weighted by molar-refractivity contribution is 0.379. The Labute approximate surface area is 115 Å². The summed E-state index contributed by atoms with van der Waals surface area (Å²) in [6.07, 6.45) is 4.56. The largest absolute Gasteiger partial charge is 0.308 e. The molecule has 2 atom stereocenters. The highest BCUT2D eigenvalue weighted by Gasteiger charge is 2.39. The molecule has 0 aromatic carbocycles. The smallest absolute Gasteiger partial charge is 0.0638 e. The van der Waals surface area contributed by atoms with Gasteiger partial charge in [-0.15, -0.1) is 0 Å². The molecule has 0 amide bonds. The predicted octanol–water partition coefficient (Wildman–Crippen LogP) is 3.40. The third kappa shape index (κ3) is 2.59. The molecular weight excluding hydrogens is 242 g/mol. The third-order valence-corrected chi connectivity index (χ3v) is 5.35. The van der Waals surface area contributed by atoms with Crippen LogP contribution in [0.3, 0.4) is 0 Å². The Balaban J connectivity index is 2.32. The summed E-state index contributed by atoms with van der Waals surface area (Å²) in [7, 11) is 0. The van der Waals surface area contributed by atoms with Gasteiger partial charge in [0.25, 0.3) is 0 Å². The van der Waals surface area contributed by atoms with E-state index in [9.17, 15) is 0 Å². The van der Waals surface area contributed by atoms with Gasteiger partial charge in [-0.25, -0.2) is 0 Å². The molecule has 1 aromatic rings. The van der Waals surface area contributed by atoms with Crippen molar-refractivity contribution < 1.29 is 0 Å². The number of hydrogen-bond acceptors (Lipinski definition) is 3. The van der Waals surface area contributed by atoms with Gasteiger partial charge in [0.05, 0.1) is 11.7 Å². The van der Waals surface area contributed by atoms with E-state index in [1.165, 1.54) is 24.3 Å². The van der Waals surface area contributed by atoms with E-state index in [4.69, 9.17) is 0 Å². The maximum Gasteiger partial charge on any atom is 0.0638 e. The van der Waals surface area contributed by atoms with Crippen LogP contribution in [0.5, 0.6) is 0 Å². The monoisotopic (exact) mass is 267 g/mol. The molecule has 2 heterocycles. The van der Waals surface area contributed by atoms with Gasteiger partial charge in [-0.05, 0) is 52.0 Å². The summed E-state index contributed by atoms with van der Waals surface area (Å²) in [5, 5.41) is 8.17. The lowest BCUT2D eigenvalue weighted by Gasteiger charge is -2.34. The molecule has 18 heavy (non-hydrogen) atoms. The average Bonchev–Trinajstić information content (AvgIpc) is 2.95. The summed E-state index contributed by atoms with van der Waals surface area (Å²) in [4.78, 5) is 0. The van der Waals surface area contributed by atoms with E-state index in [1.807, 2.05) is 6.20 Å². The van der Waals surface area contributed by atoms with Gasteiger partial charge in [-0.3, -0.25) is 4.68 Å². The quantitative estimate of drug-likeness (QED) is 0.887. The first-order valence-electron chi connectivity index (χ1n) is 6.99. The molecule has 2 rings (SSSR count). The standard InChI is InChI=1S/C14H25N3S/c1-5-15-13(14(4)8-6-10-18-14)12-7-9-16-17(12)11(2)3/h7,9,11,13,15H,5-6,8,10H2,1-4H3. The fourth-order valence-electron chi connectivity index (χ4n) is 2.85. The Bertz CT molecular complexity index is 380. The van der Waals surface area contributed by atoms with Crippen molar-refractivity contribution in [3.05, 3.63) is 18.0 Å². The first-order chi connectivity index (χ1) is 8.58.